The first-order chi connectivity index (χ1) is 17.8. The first kappa shape index (κ1) is 25.8. The van der Waals surface area contributed by atoms with Crippen molar-refractivity contribution in [2.45, 2.75) is 19.9 Å². The number of hydrogen-bond donors (Lipinski definition) is 2. The van der Waals surface area contributed by atoms with Gasteiger partial charge in [0.05, 0.1) is 35.4 Å². The lowest BCUT2D eigenvalue weighted by molar-refractivity contribution is -0.132. The zero-order chi connectivity index (χ0) is 26.7. The minimum Gasteiger partial charge on any atom is -0.508 e. The number of halogens is 1. The normalized spacial score (nSPS) is 16.6. The summed E-state index contributed by atoms with van der Waals surface area (Å²) in [5, 5.41) is 21.3. The predicted octanol–water partition coefficient (Wildman–Crippen LogP) is 5.25. The number of ether oxygens (including phenoxy) is 2. The number of rotatable bonds is 7. The van der Waals surface area contributed by atoms with Gasteiger partial charge in [0, 0.05) is 11.3 Å². The van der Waals surface area contributed by atoms with Crippen molar-refractivity contribution in [2.24, 2.45) is 0 Å². The number of aliphatic hydroxyl groups is 1. The lowest BCUT2D eigenvalue weighted by Crippen LogP contribution is -2.29. The molecule has 2 N–H and O–H groups in total. The van der Waals surface area contributed by atoms with E-state index < -0.39 is 29.5 Å². The van der Waals surface area contributed by atoms with E-state index in [0.717, 1.165) is 0 Å². The average Bonchev–Trinajstić information content (AvgIpc) is 3.16. The molecule has 3 aromatic rings. The van der Waals surface area contributed by atoms with Crippen LogP contribution in [0.15, 0.2) is 72.3 Å². The van der Waals surface area contributed by atoms with Gasteiger partial charge in [0.1, 0.15) is 17.3 Å². The van der Waals surface area contributed by atoms with Crippen LogP contribution in [0.1, 0.15) is 41.4 Å². The van der Waals surface area contributed by atoms with Crippen LogP contribution in [0.3, 0.4) is 0 Å². The molecule has 8 nitrogen and oxygen atoms in total. The van der Waals surface area contributed by atoms with Gasteiger partial charge in [-0.2, -0.15) is 0 Å². The van der Waals surface area contributed by atoms with Crippen molar-refractivity contribution >= 4 is 40.7 Å². The zero-order valence-electron chi connectivity index (χ0n) is 20.1. The number of benzene rings is 3. The number of ketones is 1. The van der Waals surface area contributed by atoms with Crippen molar-refractivity contribution < 1.29 is 34.1 Å². The van der Waals surface area contributed by atoms with E-state index in [9.17, 15) is 24.6 Å². The van der Waals surface area contributed by atoms with E-state index in [1.165, 1.54) is 41.3 Å². The average molecular weight is 522 g/mol. The number of carbonyl (C=O) groups excluding carboxylic acids is 3. The Bertz CT molecular complexity index is 1400. The van der Waals surface area contributed by atoms with Crippen LogP contribution >= 0.6 is 11.6 Å². The van der Waals surface area contributed by atoms with Gasteiger partial charge in [0.25, 0.3) is 11.7 Å². The van der Waals surface area contributed by atoms with Gasteiger partial charge in [-0.05, 0) is 67.9 Å². The summed E-state index contributed by atoms with van der Waals surface area (Å²) in [6, 6.07) is 15.6. The van der Waals surface area contributed by atoms with Crippen molar-refractivity contribution in [1.29, 1.82) is 0 Å². The third-order valence-electron chi connectivity index (χ3n) is 5.79. The van der Waals surface area contributed by atoms with Crippen LogP contribution in [0.25, 0.3) is 5.76 Å². The standard InChI is InChI=1S/C28H24ClNO7/c1-3-36-20-12-13-22(29)21(15-20)25(32)23-24(16-8-10-19(31)11-9-16)30(27(34)26(23)33)18-7-5-6-17(14-18)28(35)37-4-2/h5-15,24,31-32H,3-4H2,1-2H3/b25-23+. The fourth-order valence-corrected chi connectivity index (χ4v) is 4.36. The lowest BCUT2D eigenvalue weighted by Gasteiger charge is -2.26. The Hall–Kier alpha value is -4.30. The molecule has 1 fully saturated rings. The molecule has 4 rings (SSSR count). The van der Waals surface area contributed by atoms with E-state index in [-0.39, 0.29) is 39.8 Å². The monoisotopic (exact) mass is 521 g/mol. The summed E-state index contributed by atoms with van der Waals surface area (Å²) >= 11 is 6.36. The van der Waals surface area contributed by atoms with Gasteiger partial charge in [-0.15, -0.1) is 0 Å². The molecule has 0 aromatic heterocycles. The molecular formula is C28H24ClNO7. The van der Waals surface area contributed by atoms with Crippen LogP contribution in [0.5, 0.6) is 11.5 Å². The van der Waals surface area contributed by atoms with E-state index in [2.05, 4.69) is 0 Å². The maximum absolute atomic E-state index is 13.4. The number of aromatic hydroxyl groups is 1. The number of carbonyl (C=O) groups is 3. The number of esters is 1. The first-order valence-corrected chi connectivity index (χ1v) is 11.9. The summed E-state index contributed by atoms with van der Waals surface area (Å²) in [6.45, 7) is 4.02. The molecule has 1 aliphatic heterocycles. The van der Waals surface area contributed by atoms with Crippen LogP contribution in [-0.4, -0.2) is 41.1 Å². The van der Waals surface area contributed by atoms with E-state index in [4.69, 9.17) is 21.1 Å². The summed E-state index contributed by atoms with van der Waals surface area (Å²) in [7, 11) is 0. The molecule has 0 spiro atoms. The maximum Gasteiger partial charge on any atom is 0.338 e. The molecule has 0 saturated carbocycles. The second-order valence-corrected chi connectivity index (χ2v) is 8.51. The SMILES string of the molecule is CCOC(=O)c1cccc(N2C(=O)C(=O)/C(=C(/O)c3cc(OCC)ccc3Cl)C2c2ccc(O)cc2)c1. The summed E-state index contributed by atoms with van der Waals surface area (Å²) in [5.74, 6) is -2.50. The Labute approximate surface area is 218 Å². The molecule has 1 atom stereocenters. The van der Waals surface area contributed by atoms with Gasteiger partial charge in [-0.3, -0.25) is 14.5 Å². The molecule has 0 aliphatic carbocycles. The second-order valence-electron chi connectivity index (χ2n) is 8.11. The van der Waals surface area contributed by atoms with Crippen LogP contribution in [0.2, 0.25) is 5.02 Å². The van der Waals surface area contributed by atoms with E-state index in [0.29, 0.717) is 17.9 Å². The van der Waals surface area contributed by atoms with Crippen LogP contribution in [0.4, 0.5) is 5.69 Å². The van der Waals surface area contributed by atoms with E-state index in [1.807, 2.05) is 0 Å². The Morgan fingerprint density at radius 1 is 1.00 bits per heavy atom. The highest BCUT2D eigenvalue weighted by Crippen LogP contribution is 2.43. The lowest BCUT2D eigenvalue weighted by atomic mass is 9.95. The molecule has 1 heterocycles. The zero-order valence-corrected chi connectivity index (χ0v) is 20.9. The molecule has 9 heteroatoms. The van der Waals surface area contributed by atoms with Crippen molar-refractivity contribution in [3.05, 3.63) is 94.0 Å². The Morgan fingerprint density at radius 2 is 1.73 bits per heavy atom. The van der Waals surface area contributed by atoms with Crippen molar-refractivity contribution in [2.75, 3.05) is 18.1 Å². The molecule has 1 saturated heterocycles. The third kappa shape index (κ3) is 5.01. The van der Waals surface area contributed by atoms with Gasteiger partial charge in [0.2, 0.25) is 0 Å². The van der Waals surface area contributed by atoms with E-state index in [1.54, 1.807) is 44.2 Å². The summed E-state index contributed by atoms with van der Waals surface area (Å²) in [5.41, 5.74) is 0.803. The summed E-state index contributed by atoms with van der Waals surface area (Å²) in [6.07, 6.45) is 0. The number of aliphatic hydroxyl groups excluding tert-OH is 1. The summed E-state index contributed by atoms with van der Waals surface area (Å²) in [4.78, 5) is 40.3. The van der Waals surface area contributed by atoms with Crippen molar-refractivity contribution in [3.8, 4) is 11.5 Å². The molecule has 1 unspecified atom stereocenters. The minimum atomic E-state index is -1.08. The number of phenols is 1. The largest absolute Gasteiger partial charge is 0.508 e. The number of hydrogen-bond acceptors (Lipinski definition) is 7. The number of Topliss-reactive ketones (excluding diaryl/α,β-unsaturated/α-hetero) is 1. The van der Waals surface area contributed by atoms with Gasteiger partial charge in [-0.25, -0.2) is 4.79 Å². The highest BCUT2D eigenvalue weighted by molar-refractivity contribution is 6.52. The fraction of sp³-hybridized carbons (Fsp3) is 0.179. The van der Waals surface area contributed by atoms with Gasteiger partial charge >= 0.3 is 5.97 Å². The first-order valence-electron chi connectivity index (χ1n) is 11.6. The molecule has 190 valence electrons. The molecule has 0 radical (unpaired) electrons. The molecule has 1 aliphatic rings. The molecule has 0 bridgehead atoms. The number of amides is 1. The van der Waals surface area contributed by atoms with Gasteiger partial charge in [0.15, 0.2) is 0 Å². The fourth-order valence-electron chi connectivity index (χ4n) is 4.16. The molecule has 3 aromatic carbocycles. The Morgan fingerprint density at radius 3 is 2.41 bits per heavy atom. The van der Waals surface area contributed by atoms with E-state index >= 15 is 0 Å². The second kappa shape index (κ2) is 10.8. The molecule has 1 amide bonds. The molecule has 37 heavy (non-hydrogen) atoms. The number of phenolic OH excluding ortho intramolecular Hbond substituents is 1. The van der Waals surface area contributed by atoms with Crippen molar-refractivity contribution in [1.82, 2.24) is 0 Å². The summed E-state index contributed by atoms with van der Waals surface area (Å²) < 4.78 is 10.6. The Kier molecular flexibility index (Phi) is 7.50. The van der Waals surface area contributed by atoms with Crippen LogP contribution in [-0.2, 0) is 14.3 Å². The molecular weight excluding hydrogens is 498 g/mol. The minimum absolute atomic E-state index is 0.0162. The number of nitrogens with zero attached hydrogens (tertiary/aromatic N) is 1. The highest BCUT2D eigenvalue weighted by Gasteiger charge is 2.47. The van der Waals surface area contributed by atoms with Gasteiger partial charge in [-0.1, -0.05) is 29.8 Å². The highest BCUT2D eigenvalue weighted by atomic mass is 35.5. The number of anilines is 1. The predicted molar refractivity (Wildman–Crippen MR) is 138 cm³/mol. The quantitative estimate of drug-likeness (QED) is 0.189. The van der Waals surface area contributed by atoms with Crippen LogP contribution in [0, 0.1) is 0 Å². The van der Waals surface area contributed by atoms with Crippen molar-refractivity contribution in [3.63, 3.8) is 0 Å². The topological polar surface area (TPSA) is 113 Å². The van der Waals surface area contributed by atoms with Crippen LogP contribution < -0.4 is 9.64 Å². The Balaban J connectivity index is 1.93. The van der Waals surface area contributed by atoms with Gasteiger partial charge < -0.3 is 19.7 Å². The third-order valence-corrected chi connectivity index (χ3v) is 6.12. The smallest absolute Gasteiger partial charge is 0.338 e. The maximum atomic E-state index is 13.4.